The van der Waals surface area contributed by atoms with Crippen molar-refractivity contribution in [1.29, 1.82) is 0 Å². The van der Waals surface area contributed by atoms with Crippen molar-refractivity contribution in [3.8, 4) is 0 Å². The molecule has 1 heterocycles. The normalized spacial score (nSPS) is 11.7. The number of sulfonamides is 1. The van der Waals surface area contributed by atoms with Crippen LogP contribution in [0.2, 0.25) is 0 Å². The molecule has 0 spiro atoms. The highest BCUT2D eigenvalue weighted by Gasteiger charge is 2.25. The molecular formula is C29H24FN3O3S2. The Kier molecular flexibility index (Phi) is 7.33. The third kappa shape index (κ3) is 5.35. The zero-order valence-electron chi connectivity index (χ0n) is 20.5. The van der Waals surface area contributed by atoms with E-state index < -0.39 is 15.8 Å². The van der Waals surface area contributed by atoms with E-state index in [2.05, 4.69) is 4.98 Å². The lowest BCUT2D eigenvalue weighted by molar-refractivity contribution is 0.0985. The second-order valence-electron chi connectivity index (χ2n) is 8.73. The number of para-hydroxylation sites is 1. The molecule has 0 fully saturated rings. The largest absolute Gasteiger partial charge is 0.279 e. The summed E-state index contributed by atoms with van der Waals surface area (Å²) in [7, 11) is -2.24. The van der Waals surface area contributed by atoms with Gasteiger partial charge < -0.3 is 0 Å². The number of amides is 1. The topological polar surface area (TPSA) is 70.6 Å². The molecule has 0 bridgehead atoms. The summed E-state index contributed by atoms with van der Waals surface area (Å²) in [6.07, 6.45) is 0. The van der Waals surface area contributed by atoms with E-state index in [-0.39, 0.29) is 29.4 Å². The molecule has 0 saturated heterocycles. The number of hydrogen-bond acceptors (Lipinski definition) is 5. The van der Waals surface area contributed by atoms with Crippen molar-refractivity contribution in [3.63, 3.8) is 0 Å². The molecular weight excluding hydrogens is 521 g/mol. The summed E-state index contributed by atoms with van der Waals surface area (Å²) >= 11 is 1.23. The number of carbonyl (C=O) groups is 1. The van der Waals surface area contributed by atoms with Gasteiger partial charge in [-0.3, -0.25) is 9.69 Å². The summed E-state index contributed by atoms with van der Waals surface area (Å²) in [6, 6.07) is 29.3. The first-order valence-electron chi connectivity index (χ1n) is 11.8. The van der Waals surface area contributed by atoms with Crippen LogP contribution in [-0.2, 0) is 23.1 Å². The molecule has 192 valence electrons. The molecule has 0 aliphatic heterocycles. The monoisotopic (exact) mass is 545 g/mol. The number of hydrogen-bond donors (Lipinski definition) is 0. The van der Waals surface area contributed by atoms with Gasteiger partial charge in [0, 0.05) is 19.2 Å². The molecule has 6 nitrogen and oxygen atoms in total. The SMILES string of the molecule is CN(Cc1ccccc1)S(=O)(=O)c1ccc(C(=O)N(Cc2ccccc2)c2nc3c(F)cccc3s2)cc1. The molecule has 0 aliphatic rings. The van der Waals surface area contributed by atoms with Crippen LogP contribution < -0.4 is 4.90 Å². The van der Waals surface area contributed by atoms with E-state index in [1.807, 2.05) is 60.7 Å². The Balaban J connectivity index is 1.44. The molecule has 0 N–H and O–H groups in total. The van der Waals surface area contributed by atoms with Gasteiger partial charge in [-0.25, -0.2) is 17.8 Å². The van der Waals surface area contributed by atoms with E-state index in [0.717, 1.165) is 11.1 Å². The number of thiazole rings is 1. The van der Waals surface area contributed by atoms with Crippen LogP contribution in [0, 0.1) is 5.82 Å². The average Bonchev–Trinajstić information content (AvgIpc) is 3.38. The lowest BCUT2D eigenvalue weighted by atomic mass is 10.1. The van der Waals surface area contributed by atoms with Crippen LogP contribution in [0.15, 0.2) is 108 Å². The van der Waals surface area contributed by atoms with E-state index in [1.54, 1.807) is 12.1 Å². The van der Waals surface area contributed by atoms with Gasteiger partial charge in [-0.1, -0.05) is 78.1 Å². The molecule has 4 aromatic carbocycles. The molecule has 0 unspecified atom stereocenters. The highest BCUT2D eigenvalue weighted by atomic mass is 32.2. The molecule has 1 aromatic heterocycles. The maximum atomic E-state index is 14.4. The van der Waals surface area contributed by atoms with Crippen LogP contribution in [0.4, 0.5) is 9.52 Å². The van der Waals surface area contributed by atoms with Crippen molar-refractivity contribution in [2.24, 2.45) is 0 Å². The fraction of sp³-hybridized carbons (Fsp3) is 0.103. The third-order valence-corrected chi connectivity index (χ3v) is 8.94. The molecule has 0 atom stereocenters. The summed E-state index contributed by atoms with van der Waals surface area (Å²) in [5.74, 6) is -0.818. The van der Waals surface area contributed by atoms with Gasteiger partial charge >= 0.3 is 0 Å². The molecule has 0 aliphatic carbocycles. The van der Waals surface area contributed by atoms with Crippen LogP contribution in [0.25, 0.3) is 10.2 Å². The molecule has 0 saturated carbocycles. The van der Waals surface area contributed by atoms with Gasteiger partial charge in [0.1, 0.15) is 11.3 Å². The number of aromatic nitrogens is 1. The number of carbonyl (C=O) groups excluding carboxylic acids is 1. The van der Waals surface area contributed by atoms with Crippen molar-refractivity contribution >= 4 is 42.6 Å². The van der Waals surface area contributed by atoms with Crippen LogP contribution in [0.3, 0.4) is 0 Å². The molecule has 5 rings (SSSR count). The zero-order chi connectivity index (χ0) is 26.7. The highest BCUT2D eigenvalue weighted by molar-refractivity contribution is 7.89. The van der Waals surface area contributed by atoms with Gasteiger partial charge in [-0.15, -0.1) is 0 Å². The standard InChI is InChI=1S/C29H24FN3O3S2/c1-32(19-21-9-4-2-5-10-21)38(35,36)24-17-15-23(16-18-24)28(34)33(20-22-11-6-3-7-12-22)29-31-27-25(30)13-8-14-26(27)37-29/h2-18H,19-20H2,1H3. The fourth-order valence-electron chi connectivity index (χ4n) is 4.04. The van der Waals surface area contributed by atoms with Crippen molar-refractivity contribution in [1.82, 2.24) is 9.29 Å². The lowest BCUT2D eigenvalue weighted by Gasteiger charge is -2.21. The van der Waals surface area contributed by atoms with Gasteiger partial charge in [0.2, 0.25) is 10.0 Å². The summed E-state index contributed by atoms with van der Waals surface area (Å²) < 4.78 is 42.5. The Labute approximate surface area is 224 Å². The van der Waals surface area contributed by atoms with Crippen molar-refractivity contribution < 1.29 is 17.6 Å². The van der Waals surface area contributed by atoms with Gasteiger partial charge in [0.15, 0.2) is 5.13 Å². The average molecular weight is 546 g/mol. The van der Waals surface area contributed by atoms with Crippen LogP contribution in [0.5, 0.6) is 0 Å². The first kappa shape index (κ1) is 25.7. The fourth-order valence-corrected chi connectivity index (χ4v) is 6.18. The maximum Gasteiger partial charge on any atom is 0.260 e. The third-order valence-electron chi connectivity index (χ3n) is 6.08. The molecule has 38 heavy (non-hydrogen) atoms. The number of anilines is 1. The predicted octanol–water partition coefficient (Wildman–Crippen LogP) is 6.10. The molecule has 9 heteroatoms. The minimum atomic E-state index is -3.77. The minimum Gasteiger partial charge on any atom is -0.279 e. The highest BCUT2D eigenvalue weighted by Crippen LogP contribution is 2.32. The molecule has 5 aromatic rings. The summed E-state index contributed by atoms with van der Waals surface area (Å²) in [5, 5.41) is 0.359. The van der Waals surface area contributed by atoms with Crippen LogP contribution >= 0.6 is 11.3 Å². The number of rotatable bonds is 8. The first-order valence-corrected chi connectivity index (χ1v) is 14.1. The Bertz CT molecular complexity index is 1670. The Morgan fingerprint density at radius 3 is 2.03 bits per heavy atom. The van der Waals surface area contributed by atoms with Gasteiger partial charge in [0.05, 0.1) is 16.1 Å². The summed E-state index contributed by atoms with van der Waals surface area (Å²) in [5.41, 5.74) is 2.25. The van der Waals surface area contributed by atoms with Crippen molar-refractivity contribution in [2.75, 3.05) is 11.9 Å². The Morgan fingerprint density at radius 2 is 1.42 bits per heavy atom. The van der Waals surface area contributed by atoms with Gasteiger partial charge in [0.25, 0.3) is 5.91 Å². The maximum absolute atomic E-state index is 14.4. The van der Waals surface area contributed by atoms with Crippen LogP contribution in [0.1, 0.15) is 21.5 Å². The smallest absolute Gasteiger partial charge is 0.260 e. The van der Waals surface area contributed by atoms with Crippen LogP contribution in [-0.4, -0.2) is 30.7 Å². The molecule has 0 radical (unpaired) electrons. The number of nitrogens with zero attached hydrogens (tertiary/aromatic N) is 3. The Morgan fingerprint density at radius 1 is 0.816 bits per heavy atom. The lowest BCUT2D eigenvalue weighted by Crippen LogP contribution is -2.30. The van der Waals surface area contributed by atoms with E-state index >= 15 is 0 Å². The van der Waals surface area contributed by atoms with Crippen molar-refractivity contribution in [3.05, 3.63) is 126 Å². The number of halogens is 1. The van der Waals surface area contributed by atoms with E-state index in [1.165, 1.54) is 57.9 Å². The van der Waals surface area contributed by atoms with Gasteiger partial charge in [-0.2, -0.15) is 4.31 Å². The predicted molar refractivity (Wildman–Crippen MR) is 148 cm³/mol. The number of fused-ring (bicyclic) bond motifs is 1. The minimum absolute atomic E-state index is 0.0872. The van der Waals surface area contributed by atoms with E-state index in [4.69, 9.17) is 0 Å². The second-order valence-corrected chi connectivity index (χ2v) is 11.8. The van der Waals surface area contributed by atoms with E-state index in [0.29, 0.717) is 15.4 Å². The zero-order valence-corrected chi connectivity index (χ0v) is 22.1. The molecule has 1 amide bonds. The Hall–Kier alpha value is -3.92. The van der Waals surface area contributed by atoms with E-state index in [9.17, 15) is 17.6 Å². The van der Waals surface area contributed by atoms with Gasteiger partial charge in [-0.05, 0) is 47.5 Å². The first-order chi connectivity index (χ1) is 18.3. The number of benzene rings is 4. The van der Waals surface area contributed by atoms with Crippen molar-refractivity contribution in [2.45, 2.75) is 18.0 Å². The quantitative estimate of drug-likeness (QED) is 0.236. The second kappa shape index (κ2) is 10.8. The summed E-state index contributed by atoms with van der Waals surface area (Å²) in [6.45, 7) is 0.448. The summed E-state index contributed by atoms with van der Waals surface area (Å²) in [4.78, 5) is 19.7.